The second-order valence-electron chi connectivity index (χ2n) is 8.95. The normalized spacial score (nSPS) is 18.4. The molecule has 1 fully saturated rings. The fourth-order valence-corrected chi connectivity index (χ4v) is 3.95. The van der Waals surface area contributed by atoms with Crippen LogP contribution in [0.5, 0.6) is 5.75 Å². The maximum atomic E-state index is 13.2. The predicted octanol–water partition coefficient (Wildman–Crippen LogP) is 5.22. The van der Waals surface area contributed by atoms with Crippen molar-refractivity contribution in [3.63, 3.8) is 0 Å². The van der Waals surface area contributed by atoms with Crippen LogP contribution in [-0.2, 0) is 15.0 Å². The number of hydrogen-bond acceptors (Lipinski definition) is 5. The van der Waals surface area contributed by atoms with Crippen molar-refractivity contribution in [1.82, 2.24) is 0 Å². The highest BCUT2D eigenvalue weighted by molar-refractivity contribution is 6.51. The molecule has 164 valence electrons. The lowest BCUT2D eigenvalue weighted by atomic mass is 9.84. The molecular weight excluding hydrogens is 406 g/mol. The zero-order chi connectivity index (χ0) is 23.2. The molecule has 6 heteroatoms. The molecule has 1 atom stereocenters. The van der Waals surface area contributed by atoms with Crippen LogP contribution in [0.3, 0.4) is 0 Å². The Bertz CT molecular complexity index is 1230. The number of carbonyl (C=O) groups is 2. The number of aryl methyl sites for hydroxylation is 1. The van der Waals surface area contributed by atoms with E-state index in [0.717, 1.165) is 11.1 Å². The van der Waals surface area contributed by atoms with Gasteiger partial charge in [0, 0.05) is 5.56 Å². The summed E-state index contributed by atoms with van der Waals surface area (Å²) in [6.45, 7) is 8.01. The molecule has 0 radical (unpaired) electrons. The van der Waals surface area contributed by atoms with E-state index in [-0.39, 0.29) is 28.2 Å². The van der Waals surface area contributed by atoms with E-state index in [9.17, 15) is 19.8 Å². The maximum absolute atomic E-state index is 13.2. The third-order valence-electron chi connectivity index (χ3n) is 5.76. The first kappa shape index (κ1) is 21.4. The van der Waals surface area contributed by atoms with Gasteiger partial charge in [-0.25, -0.2) is 0 Å². The summed E-state index contributed by atoms with van der Waals surface area (Å²) in [6, 6.07) is 14.2. The summed E-state index contributed by atoms with van der Waals surface area (Å²) in [5, 5.41) is 21.7. The Balaban J connectivity index is 1.97. The highest BCUT2D eigenvalue weighted by Crippen LogP contribution is 2.45. The molecule has 1 saturated heterocycles. The summed E-state index contributed by atoms with van der Waals surface area (Å²) in [5.74, 6) is -1.81. The molecular formula is C26H25NO5. The van der Waals surface area contributed by atoms with Crippen molar-refractivity contribution in [3.8, 4) is 5.75 Å². The van der Waals surface area contributed by atoms with Gasteiger partial charge in [0.25, 0.3) is 11.7 Å². The van der Waals surface area contributed by atoms with Crippen LogP contribution in [0.2, 0.25) is 0 Å². The number of nitrogens with zero attached hydrogens (tertiary/aromatic N) is 1. The fourth-order valence-electron chi connectivity index (χ4n) is 3.95. The van der Waals surface area contributed by atoms with Gasteiger partial charge in [0.05, 0.1) is 17.5 Å². The molecule has 1 aliphatic heterocycles. The molecule has 2 heterocycles. The van der Waals surface area contributed by atoms with Crippen molar-refractivity contribution >= 4 is 23.1 Å². The van der Waals surface area contributed by atoms with Gasteiger partial charge in [-0.1, -0.05) is 45.0 Å². The number of phenols is 1. The number of phenolic OH excluding ortho intramolecular Hbond substituents is 1. The number of furan rings is 1. The van der Waals surface area contributed by atoms with E-state index in [1.807, 2.05) is 25.1 Å². The first-order chi connectivity index (χ1) is 15.1. The van der Waals surface area contributed by atoms with Crippen LogP contribution < -0.4 is 4.90 Å². The summed E-state index contributed by atoms with van der Waals surface area (Å²) in [6.07, 6.45) is 1.44. The molecule has 1 amide bonds. The average Bonchev–Trinajstić information content (AvgIpc) is 3.35. The van der Waals surface area contributed by atoms with Crippen molar-refractivity contribution < 1.29 is 24.2 Å². The Morgan fingerprint density at radius 2 is 1.75 bits per heavy atom. The highest BCUT2D eigenvalue weighted by atomic mass is 16.3. The number of aliphatic hydroxyl groups is 1. The average molecular weight is 431 g/mol. The van der Waals surface area contributed by atoms with Crippen LogP contribution >= 0.6 is 0 Å². The van der Waals surface area contributed by atoms with E-state index < -0.39 is 17.7 Å². The number of aromatic hydroxyl groups is 1. The van der Waals surface area contributed by atoms with Gasteiger partial charge >= 0.3 is 0 Å². The van der Waals surface area contributed by atoms with Gasteiger partial charge in [-0.2, -0.15) is 0 Å². The minimum Gasteiger partial charge on any atom is -0.507 e. The second kappa shape index (κ2) is 7.71. The molecule has 0 bridgehead atoms. The third kappa shape index (κ3) is 3.47. The summed E-state index contributed by atoms with van der Waals surface area (Å²) in [5.41, 5.74) is 2.13. The number of rotatable bonds is 3. The van der Waals surface area contributed by atoms with Crippen molar-refractivity contribution in [2.24, 2.45) is 0 Å². The van der Waals surface area contributed by atoms with Gasteiger partial charge in [-0.3, -0.25) is 14.5 Å². The molecule has 32 heavy (non-hydrogen) atoms. The molecule has 0 spiro atoms. The molecule has 6 nitrogen and oxygen atoms in total. The number of hydrogen-bond donors (Lipinski definition) is 2. The SMILES string of the molecule is Cc1ccc(C(C)(C)C)cc1/C(O)=C1\C(=O)C(=O)N(c2ccccc2O)C1c1ccco1. The van der Waals surface area contributed by atoms with Crippen molar-refractivity contribution in [2.45, 2.75) is 39.2 Å². The smallest absolute Gasteiger partial charge is 0.300 e. The minimum absolute atomic E-state index is 0.0811. The minimum atomic E-state index is -1.02. The molecule has 2 aromatic carbocycles. The van der Waals surface area contributed by atoms with E-state index in [2.05, 4.69) is 20.8 Å². The lowest BCUT2D eigenvalue weighted by Crippen LogP contribution is -2.29. The molecule has 1 aliphatic rings. The van der Waals surface area contributed by atoms with Gasteiger partial charge in [-0.15, -0.1) is 0 Å². The van der Waals surface area contributed by atoms with Crippen LogP contribution in [0.4, 0.5) is 5.69 Å². The van der Waals surface area contributed by atoms with E-state index >= 15 is 0 Å². The Labute approximate surface area is 186 Å². The second-order valence-corrected chi connectivity index (χ2v) is 8.95. The zero-order valence-corrected chi connectivity index (χ0v) is 18.4. The summed E-state index contributed by atoms with van der Waals surface area (Å²) >= 11 is 0. The fraction of sp³-hybridized carbons (Fsp3) is 0.231. The topological polar surface area (TPSA) is 91.0 Å². The number of ketones is 1. The maximum Gasteiger partial charge on any atom is 0.300 e. The Hall–Kier alpha value is -3.80. The molecule has 0 saturated carbocycles. The standard InChI is InChI=1S/C26H25NO5/c1-15-11-12-16(26(2,3)4)14-17(15)23(29)21-22(20-10-7-13-32-20)27(25(31)24(21)30)18-8-5-6-9-19(18)28/h5-14,22,28-29H,1-4H3/b23-21+. The molecule has 2 N–H and O–H groups in total. The number of amides is 1. The van der Waals surface area contributed by atoms with Gasteiger partial charge in [-0.05, 0) is 53.8 Å². The number of benzene rings is 2. The lowest BCUT2D eigenvalue weighted by molar-refractivity contribution is -0.132. The molecule has 1 unspecified atom stereocenters. The van der Waals surface area contributed by atoms with Crippen LogP contribution in [-0.4, -0.2) is 21.9 Å². The molecule has 4 rings (SSSR count). The Kier molecular flexibility index (Phi) is 5.17. The summed E-state index contributed by atoms with van der Waals surface area (Å²) in [4.78, 5) is 27.5. The van der Waals surface area contributed by atoms with Gasteiger partial charge in [0.15, 0.2) is 0 Å². The zero-order valence-electron chi connectivity index (χ0n) is 18.4. The molecule has 1 aromatic heterocycles. The predicted molar refractivity (Wildman–Crippen MR) is 121 cm³/mol. The quantitative estimate of drug-likeness (QED) is 0.337. The van der Waals surface area contributed by atoms with E-state index in [0.29, 0.717) is 11.3 Å². The first-order valence-corrected chi connectivity index (χ1v) is 10.3. The number of aliphatic hydroxyl groups excluding tert-OH is 1. The van der Waals surface area contributed by atoms with Gasteiger partial charge in [0.2, 0.25) is 0 Å². The highest BCUT2D eigenvalue weighted by Gasteiger charge is 2.49. The number of Topliss-reactive ketones (excluding diaryl/α,β-unsaturated/α-hetero) is 1. The van der Waals surface area contributed by atoms with E-state index in [1.54, 1.807) is 30.3 Å². The van der Waals surface area contributed by atoms with E-state index in [1.165, 1.54) is 17.2 Å². The molecule has 3 aromatic rings. The van der Waals surface area contributed by atoms with Crippen LogP contribution in [0.15, 0.2) is 70.9 Å². The lowest BCUT2D eigenvalue weighted by Gasteiger charge is -2.24. The third-order valence-corrected chi connectivity index (χ3v) is 5.76. The number of anilines is 1. The van der Waals surface area contributed by atoms with Gasteiger partial charge < -0.3 is 14.6 Å². The van der Waals surface area contributed by atoms with Crippen molar-refractivity contribution in [3.05, 3.63) is 88.9 Å². The van der Waals surface area contributed by atoms with Crippen LogP contribution in [0.25, 0.3) is 5.76 Å². The summed E-state index contributed by atoms with van der Waals surface area (Å²) < 4.78 is 5.56. The summed E-state index contributed by atoms with van der Waals surface area (Å²) in [7, 11) is 0. The Morgan fingerprint density at radius 3 is 2.38 bits per heavy atom. The molecule has 0 aliphatic carbocycles. The van der Waals surface area contributed by atoms with Crippen LogP contribution in [0, 0.1) is 6.92 Å². The van der Waals surface area contributed by atoms with Crippen molar-refractivity contribution in [2.75, 3.05) is 4.90 Å². The van der Waals surface area contributed by atoms with Crippen LogP contribution in [0.1, 0.15) is 49.3 Å². The first-order valence-electron chi connectivity index (χ1n) is 10.3. The Morgan fingerprint density at radius 1 is 1.03 bits per heavy atom. The number of para-hydroxylation sites is 2. The van der Waals surface area contributed by atoms with Gasteiger partial charge in [0.1, 0.15) is 23.3 Å². The monoisotopic (exact) mass is 431 g/mol. The van der Waals surface area contributed by atoms with Crippen molar-refractivity contribution in [1.29, 1.82) is 0 Å². The van der Waals surface area contributed by atoms with E-state index in [4.69, 9.17) is 4.42 Å². The number of carbonyl (C=O) groups excluding carboxylic acids is 2. The largest absolute Gasteiger partial charge is 0.507 e.